The van der Waals surface area contributed by atoms with Gasteiger partial charge in [-0.05, 0) is 38.5 Å². The molecule has 0 saturated carbocycles. The van der Waals surface area contributed by atoms with Crippen molar-refractivity contribution in [3.63, 3.8) is 0 Å². The molecule has 20 heavy (non-hydrogen) atoms. The van der Waals surface area contributed by atoms with Crippen LogP contribution >= 0.6 is 0 Å². The van der Waals surface area contributed by atoms with Crippen LogP contribution in [0.2, 0.25) is 0 Å². The van der Waals surface area contributed by atoms with E-state index in [0.717, 1.165) is 17.0 Å². The SMILES string of the molecule is C=C/C=C\c1c(-c2ccc(C(=C)C)[nH]2)c(C)n(C)c1C. The number of hydrogen-bond donors (Lipinski definition) is 1. The molecule has 0 radical (unpaired) electrons. The summed E-state index contributed by atoms with van der Waals surface area (Å²) in [5, 5.41) is 0. The van der Waals surface area contributed by atoms with Crippen LogP contribution in [0.1, 0.15) is 29.6 Å². The lowest BCUT2D eigenvalue weighted by Gasteiger charge is -2.02. The highest BCUT2D eigenvalue weighted by Crippen LogP contribution is 2.32. The molecule has 0 aliphatic heterocycles. The van der Waals surface area contributed by atoms with E-state index in [1.807, 2.05) is 13.0 Å². The first-order valence-electron chi connectivity index (χ1n) is 6.77. The topological polar surface area (TPSA) is 20.7 Å². The molecule has 0 bridgehead atoms. The molecule has 2 heteroatoms. The number of aromatic nitrogens is 2. The van der Waals surface area contributed by atoms with E-state index < -0.39 is 0 Å². The quantitative estimate of drug-likeness (QED) is 0.762. The van der Waals surface area contributed by atoms with Gasteiger partial charge in [0.15, 0.2) is 0 Å². The minimum atomic E-state index is 1.05. The number of aromatic amines is 1. The molecular formula is C18H22N2. The first-order valence-corrected chi connectivity index (χ1v) is 6.77. The minimum Gasteiger partial charge on any atom is -0.355 e. The molecule has 0 spiro atoms. The van der Waals surface area contributed by atoms with E-state index in [2.05, 4.69) is 61.8 Å². The van der Waals surface area contributed by atoms with E-state index in [1.165, 1.54) is 22.5 Å². The van der Waals surface area contributed by atoms with E-state index in [4.69, 9.17) is 0 Å². The standard InChI is InChI=1S/C18H22N2/c1-7-8-9-15-13(4)20(6)14(5)18(15)17-11-10-16(19-17)12(2)3/h7-11,19H,1-2H2,3-6H3/b9-8-. The van der Waals surface area contributed by atoms with Gasteiger partial charge in [0, 0.05) is 41.0 Å². The number of nitrogens with zero attached hydrogens (tertiary/aromatic N) is 1. The van der Waals surface area contributed by atoms with Crippen molar-refractivity contribution in [3.8, 4) is 11.3 Å². The number of nitrogens with one attached hydrogen (secondary N) is 1. The molecule has 0 saturated heterocycles. The lowest BCUT2D eigenvalue weighted by molar-refractivity contribution is 0.844. The minimum absolute atomic E-state index is 1.05. The fraction of sp³-hybridized carbons (Fsp3) is 0.222. The molecule has 0 fully saturated rings. The van der Waals surface area contributed by atoms with Crippen LogP contribution in [0.25, 0.3) is 22.9 Å². The fourth-order valence-electron chi connectivity index (χ4n) is 2.47. The summed E-state index contributed by atoms with van der Waals surface area (Å²) in [5.74, 6) is 0. The fourth-order valence-corrected chi connectivity index (χ4v) is 2.47. The zero-order valence-electron chi connectivity index (χ0n) is 12.7. The van der Waals surface area contributed by atoms with Crippen molar-refractivity contribution in [2.45, 2.75) is 20.8 Å². The Morgan fingerprint density at radius 2 is 1.95 bits per heavy atom. The highest BCUT2D eigenvalue weighted by atomic mass is 15.0. The van der Waals surface area contributed by atoms with Crippen molar-refractivity contribution in [3.05, 3.63) is 60.1 Å². The summed E-state index contributed by atoms with van der Waals surface area (Å²) in [6.45, 7) is 14.0. The second kappa shape index (κ2) is 5.41. The van der Waals surface area contributed by atoms with Gasteiger partial charge in [0.05, 0.1) is 0 Å². The molecule has 1 N–H and O–H groups in total. The molecule has 0 aromatic carbocycles. The highest BCUT2D eigenvalue weighted by molar-refractivity contribution is 5.79. The van der Waals surface area contributed by atoms with E-state index in [1.54, 1.807) is 6.08 Å². The van der Waals surface area contributed by atoms with Crippen molar-refractivity contribution >= 4 is 11.6 Å². The normalized spacial score (nSPS) is 11.2. The second-order valence-electron chi connectivity index (χ2n) is 5.18. The van der Waals surface area contributed by atoms with Gasteiger partial charge in [-0.2, -0.15) is 0 Å². The molecule has 0 aliphatic rings. The summed E-state index contributed by atoms with van der Waals surface area (Å²) in [4.78, 5) is 3.45. The van der Waals surface area contributed by atoms with Gasteiger partial charge in [-0.1, -0.05) is 31.4 Å². The molecule has 104 valence electrons. The summed E-state index contributed by atoms with van der Waals surface area (Å²) >= 11 is 0. The van der Waals surface area contributed by atoms with Crippen LogP contribution < -0.4 is 0 Å². The predicted molar refractivity (Wildman–Crippen MR) is 88.6 cm³/mol. The molecule has 2 nitrogen and oxygen atoms in total. The highest BCUT2D eigenvalue weighted by Gasteiger charge is 2.16. The van der Waals surface area contributed by atoms with Crippen molar-refractivity contribution in [2.75, 3.05) is 0 Å². The molecule has 0 aliphatic carbocycles. The molecule has 2 heterocycles. The summed E-state index contributed by atoms with van der Waals surface area (Å²) in [6.07, 6.45) is 5.90. The van der Waals surface area contributed by atoms with Crippen LogP contribution in [0.3, 0.4) is 0 Å². The van der Waals surface area contributed by atoms with Crippen molar-refractivity contribution in [1.29, 1.82) is 0 Å². The van der Waals surface area contributed by atoms with Crippen LogP contribution in [0.15, 0.2) is 37.4 Å². The third-order valence-electron chi connectivity index (χ3n) is 3.84. The molecule has 0 amide bonds. The summed E-state index contributed by atoms with van der Waals surface area (Å²) in [6, 6.07) is 4.21. The van der Waals surface area contributed by atoms with E-state index in [9.17, 15) is 0 Å². The molecule has 2 rings (SSSR count). The van der Waals surface area contributed by atoms with E-state index in [-0.39, 0.29) is 0 Å². The number of rotatable bonds is 4. The zero-order valence-corrected chi connectivity index (χ0v) is 12.7. The van der Waals surface area contributed by atoms with Crippen molar-refractivity contribution < 1.29 is 0 Å². The summed E-state index contributed by atoms with van der Waals surface area (Å²) in [7, 11) is 2.10. The smallest absolute Gasteiger partial charge is 0.0483 e. The first kappa shape index (κ1) is 14.2. The number of allylic oxidation sites excluding steroid dienone is 3. The van der Waals surface area contributed by atoms with E-state index >= 15 is 0 Å². The third kappa shape index (κ3) is 2.29. The van der Waals surface area contributed by atoms with Gasteiger partial charge in [0.1, 0.15) is 0 Å². The van der Waals surface area contributed by atoms with Crippen LogP contribution in [0.5, 0.6) is 0 Å². The van der Waals surface area contributed by atoms with Gasteiger partial charge in [-0.3, -0.25) is 0 Å². The Balaban J connectivity index is 2.65. The molecular weight excluding hydrogens is 244 g/mol. The molecule has 2 aromatic heterocycles. The number of hydrogen-bond acceptors (Lipinski definition) is 0. The third-order valence-corrected chi connectivity index (χ3v) is 3.84. The molecule has 2 aromatic rings. The monoisotopic (exact) mass is 266 g/mol. The maximum absolute atomic E-state index is 3.99. The predicted octanol–water partition coefficient (Wildman–Crippen LogP) is 4.87. The van der Waals surface area contributed by atoms with E-state index in [0.29, 0.717) is 0 Å². The second-order valence-corrected chi connectivity index (χ2v) is 5.18. The van der Waals surface area contributed by atoms with Crippen LogP contribution in [-0.2, 0) is 7.05 Å². The van der Waals surface area contributed by atoms with Gasteiger partial charge in [-0.15, -0.1) is 0 Å². The lowest BCUT2D eigenvalue weighted by Crippen LogP contribution is -1.93. The maximum atomic E-state index is 3.99. The summed E-state index contributed by atoms with van der Waals surface area (Å²) < 4.78 is 2.22. The Kier molecular flexibility index (Phi) is 3.84. The zero-order chi connectivity index (χ0) is 14.9. The Labute approximate surface area is 121 Å². The molecule has 0 atom stereocenters. The Hall–Kier alpha value is -2.22. The summed E-state index contributed by atoms with van der Waals surface area (Å²) in [5.41, 5.74) is 8.25. The Morgan fingerprint density at radius 3 is 2.50 bits per heavy atom. The van der Waals surface area contributed by atoms with Gasteiger partial charge in [-0.25, -0.2) is 0 Å². The maximum Gasteiger partial charge on any atom is 0.0483 e. The largest absolute Gasteiger partial charge is 0.355 e. The average Bonchev–Trinajstić information content (AvgIpc) is 2.97. The Bertz CT molecular complexity index is 693. The Morgan fingerprint density at radius 1 is 1.25 bits per heavy atom. The number of H-pyrrole nitrogens is 1. The van der Waals surface area contributed by atoms with Crippen molar-refractivity contribution in [2.24, 2.45) is 7.05 Å². The lowest BCUT2D eigenvalue weighted by atomic mass is 10.1. The first-order chi connectivity index (χ1) is 9.47. The van der Waals surface area contributed by atoms with Crippen LogP contribution in [0, 0.1) is 13.8 Å². The van der Waals surface area contributed by atoms with Crippen LogP contribution in [-0.4, -0.2) is 9.55 Å². The van der Waals surface area contributed by atoms with Gasteiger partial charge in [0.25, 0.3) is 0 Å². The van der Waals surface area contributed by atoms with Gasteiger partial charge >= 0.3 is 0 Å². The van der Waals surface area contributed by atoms with Crippen LogP contribution in [0.4, 0.5) is 0 Å². The molecule has 0 unspecified atom stereocenters. The van der Waals surface area contributed by atoms with Crippen molar-refractivity contribution in [1.82, 2.24) is 9.55 Å². The van der Waals surface area contributed by atoms with Gasteiger partial charge in [0.2, 0.25) is 0 Å². The van der Waals surface area contributed by atoms with Gasteiger partial charge < -0.3 is 9.55 Å². The average molecular weight is 266 g/mol.